The van der Waals surface area contributed by atoms with Crippen molar-refractivity contribution >= 4 is 11.6 Å². The highest BCUT2D eigenvalue weighted by Crippen LogP contribution is 2.29. The molecule has 0 spiro atoms. The molecule has 0 bridgehead atoms. The van der Waals surface area contributed by atoms with E-state index in [2.05, 4.69) is 11.1 Å². The summed E-state index contributed by atoms with van der Waals surface area (Å²) in [4.78, 5) is 17.3. The summed E-state index contributed by atoms with van der Waals surface area (Å²) in [5, 5.41) is 0. The van der Waals surface area contributed by atoms with Crippen molar-refractivity contribution in [1.29, 1.82) is 0 Å². The number of carbonyl (C=O) groups is 1. The smallest absolute Gasteiger partial charge is 0.260 e. The zero-order valence-electron chi connectivity index (χ0n) is 9.73. The van der Waals surface area contributed by atoms with E-state index in [1.54, 1.807) is 0 Å². The standard InChI is InChI=1S/C14H14N2O/c1-10-12(6-8-15-10)14(17)16-9-7-11-4-2-3-5-13(11)16/h2-6,8,15H,7,9H2,1H3. The Kier molecular flexibility index (Phi) is 2.25. The molecule has 3 nitrogen and oxygen atoms in total. The Bertz CT molecular complexity index is 571. The van der Waals surface area contributed by atoms with E-state index in [-0.39, 0.29) is 5.91 Å². The van der Waals surface area contributed by atoms with Crippen molar-refractivity contribution in [2.45, 2.75) is 13.3 Å². The third-order valence-corrected chi connectivity index (χ3v) is 3.32. The first-order valence-electron chi connectivity index (χ1n) is 5.81. The molecule has 1 aromatic heterocycles. The Morgan fingerprint density at radius 3 is 2.88 bits per heavy atom. The van der Waals surface area contributed by atoms with Gasteiger partial charge in [-0.2, -0.15) is 0 Å². The van der Waals surface area contributed by atoms with Crippen molar-refractivity contribution in [1.82, 2.24) is 4.98 Å². The zero-order valence-corrected chi connectivity index (χ0v) is 9.73. The summed E-state index contributed by atoms with van der Waals surface area (Å²) in [6.45, 7) is 2.71. The van der Waals surface area contributed by atoms with Crippen molar-refractivity contribution in [2.75, 3.05) is 11.4 Å². The van der Waals surface area contributed by atoms with Crippen LogP contribution in [0.2, 0.25) is 0 Å². The van der Waals surface area contributed by atoms with Crippen LogP contribution in [0.15, 0.2) is 36.5 Å². The van der Waals surface area contributed by atoms with Gasteiger partial charge in [0, 0.05) is 24.1 Å². The Labute approximate surface area is 100 Å². The number of aromatic nitrogens is 1. The molecule has 2 aromatic rings. The lowest BCUT2D eigenvalue weighted by Crippen LogP contribution is -2.29. The molecular formula is C14H14N2O. The van der Waals surface area contributed by atoms with E-state index in [0.29, 0.717) is 0 Å². The largest absolute Gasteiger partial charge is 0.365 e. The van der Waals surface area contributed by atoms with Crippen LogP contribution in [0.25, 0.3) is 0 Å². The van der Waals surface area contributed by atoms with E-state index in [1.807, 2.05) is 42.3 Å². The number of nitrogens with one attached hydrogen (secondary N) is 1. The first-order valence-corrected chi connectivity index (χ1v) is 5.81. The van der Waals surface area contributed by atoms with E-state index in [9.17, 15) is 4.79 Å². The predicted molar refractivity (Wildman–Crippen MR) is 67.4 cm³/mol. The van der Waals surface area contributed by atoms with Gasteiger partial charge >= 0.3 is 0 Å². The Morgan fingerprint density at radius 1 is 1.29 bits per heavy atom. The molecule has 1 aromatic carbocycles. The SMILES string of the molecule is Cc1[nH]ccc1C(=O)N1CCc2ccccc21. The third kappa shape index (κ3) is 1.55. The molecule has 1 N–H and O–H groups in total. The molecule has 86 valence electrons. The second-order valence-electron chi connectivity index (χ2n) is 4.35. The van der Waals surface area contributed by atoms with Gasteiger partial charge in [0.25, 0.3) is 5.91 Å². The second kappa shape index (κ2) is 3.77. The highest BCUT2D eigenvalue weighted by molar-refractivity contribution is 6.08. The van der Waals surface area contributed by atoms with Crippen LogP contribution in [-0.4, -0.2) is 17.4 Å². The normalized spacial score (nSPS) is 13.8. The minimum atomic E-state index is 0.0914. The average molecular weight is 226 g/mol. The molecule has 1 amide bonds. The van der Waals surface area contributed by atoms with Gasteiger partial charge in [0.05, 0.1) is 5.56 Å². The first-order chi connectivity index (χ1) is 8.27. The van der Waals surface area contributed by atoms with Crippen molar-refractivity contribution in [2.24, 2.45) is 0 Å². The van der Waals surface area contributed by atoms with Gasteiger partial charge in [-0.1, -0.05) is 18.2 Å². The molecule has 17 heavy (non-hydrogen) atoms. The van der Waals surface area contributed by atoms with E-state index in [4.69, 9.17) is 0 Å². The van der Waals surface area contributed by atoms with Gasteiger partial charge in [0.15, 0.2) is 0 Å². The van der Waals surface area contributed by atoms with Crippen molar-refractivity contribution in [3.63, 3.8) is 0 Å². The highest BCUT2D eigenvalue weighted by atomic mass is 16.2. The average Bonchev–Trinajstić information content (AvgIpc) is 2.94. The lowest BCUT2D eigenvalue weighted by atomic mass is 10.2. The van der Waals surface area contributed by atoms with Crippen LogP contribution < -0.4 is 4.90 Å². The van der Waals surface area contributed by atoms with Gasteiger partial charge in [0.2, 0.25) is 0 Å². The summed E-state index contributed by atoms with van der Waals surface area (Å²) in [5.74, 6) is 0.0914. The number of carbonyl (C=O) groups excluding carboxylic acids is 1. The molecule has 0 fully saturated rings. The minimum absolute atomic E-state index is 0.0914. The molecule has 1 aliphatic rings. The van der Waals surface area contributed by atoms with Gasteiger partial charge in [-0.25, -0.2) is 0 Å². The molecule has 0 saturated carbocycles. The number of fused-ring (bicyclic) bond motifs is 1. The number of para-hydroxylation sites is 1. The number of aryl methyl sites for hydroxylation is 1. The quantitative estimate of drug-likeness (QED) is 0.797. The topological polar surface area (TPSA) is 36.1 Å². The molecule has 0 aliphatic carbocycles. The monoisotopic (exact) mass is 226 g/mol. The summed E-state index contributed by atoms with van der Waals surface area (Å²) < 4.78 is 0. The summed E-state index contributed by atoms with van der Waals surface area (Å²) in [5.41, 5.74) is 4.01. The van der Waals surface area contributed by atoms with E-state index < -0.39 is 0 Å². The summed E-state index contributed by atoms with van der Waals surface area (Å²) in [6.07, 6.45) is 2.76. The van der Waals surface area contributed by atoms with Crippen molar-refractivity contribution < 1.29 is 4.79 Å². The molecule has 0 saturated heterocycles. The number of aromatic amines is 1. The van der Waals surface area contributed by atoms with Crippen LogP contribution in [0.5, 0.6) is 0 Å². The van der Waals surface area contributed by atoms with Crippen LogP contribution >= 0.6 is 0 Å². The Balaban J connectivity index is 1.98. The lowest BCUT2D eigenvalue weighted by molar-refractivity contribution is 0.0989. The highest BCUT2D eigenvalue weighted by Gasteiger charge is 2.26. The Hall–Kier alpha value is -2.03. The van der Waals surface area contributed by atoms with Crippen LogP contribution in [0, 0.1) is 6.92 Å². The van der Waals surface area contributed by atoms with E-state index in [1.165, 1.54) is 5.56 Å². The number of hydrogen-bond donors (Lipinski definition) is 1. The fourth-order valence-corrected chi connectivity index (χ4v) is 2.38. The fraction of sp³-hybridized carbons (Fsp3) is 0.214. The van der Waals surface area contributed by atoms with Gasteiger partial charge < -0.3 is 9.88 Å². The van der Waals surface area contributed by atoms with Crippen molar-refractivity contribution in [3.05, 3.63) is 53.3 Å². The second-order valence-corrected chi connectivity index (χ2v) is 4.35. The van der Waals surface area contributed by atoms with Crippen LogP contribution in [-0.2, 0) is 6.42 Å². The lowest BCUT2D eigenvalue weighted by Gasteiger charge is -2.17. The summed E-state index contributed by atoms with van der Waals surface area (Å²) in [7, 11) is 0. The summed E-state index contributed by atoms with van der Waals surface area (Å²) >= 11 is 0. The maximum atomic E-state index is 12.4. The minimum Gasteiger partial charge on any atom is -0.365 e. The number of nitrogens with zero attached hydrogens (tertiary/aromatic N) is 1. The molecular weight excluding hydrogens is 212 g/mol. The van der Waals surface area contributed by atoms with Gasteiger partial charge in [0.1, 0.15) is 0 Å². The van der Waals surface area contributed by atoms with Crippen LogP contribution in [0.3, 0.4) is 0 Å². The molecule has 0 radical (unpaired) electrons. The third-order valence-electron chi connectivity index (χ3n) is 3.32. The molecule has 2 heterocycles. The van der Waals surface area contributed by atoms with Crippen molar-refractivity contribution in [3.8, 4) is 0 Å². The number of anilines is 1. The van der Waals surface area contributed by atoms with Crippen LogP contribution in [0.4, 0.5) is 5.69 Å². The van der Waals surface area contributed by atoms with E-state index >= 15 is 0 Å². The van der Waals surface area contributed by atoms with Crippen LogP contribution in [0.1, 0.15) is 21.6 Å². The predicted octanol–water partition coefficient (Wildman–Crippen LogP) is 2.53. The number of hydrogen-bond acceptors (Lipinski definition) is 1. The van der Waals surface area contributed by atoms with Gasteiger partial charge in [-0.05, 0) is 31.0 Å². The molecule has 0 unspecified atom stereocenters. The summed E-state index contributed by atoms with van der Waals surface area (Å²) in [6, 6.07) is 9.95. The van der Waals surface area contributed by atoms with E-state index in [0.717, 1.165) is 29.9 Å². The maximum Gasteiger partial charge on any atom is 0.260 e. The van der Waals surface area contributed by atoms with Gasteiger partial charge in [-0.3, -0.25) is 4.79 Å². The van der Waals surface area contributed by atoms with Gasteiger partial charge in [-0.15, -0.1) is 0 Å². The molecule has 0 atom stereocenters. The maximum absolute atomic E-state index is 12.4. The fourth-order valence-electron chi connectivity index (χ4n) is 2.38. The Morgan fingerprint density at radius 2 is 2.12 bits per heavy atom. The molecule has 1 aliphatic heterocycles. The first kappa shape index (κ1) is 10.1. The number of amides is 1. The molecule has 3 rings (SSSR count). The number of benzene rings is 1. The zero-order chi connectivity index (χ0) is 11.8. The molecule has 3 heteroatoms. The number of rotatable bonds is 1. The number of H-pyrrole nitrogens is 1.